The molecule has 1 saturated heterocycles. The predicted octanol–water partition coefficient (Wildman–Crippen LogP) is -0.635. The minimum Gasteiger partial charge on any atom is -0.357 e. The molecule has 16 heavy (non-hydrogen) atoms. The van der Waals surface area contributed by atoms with Gasteiger partial charge in [0.1, 0.15) is 0 Å². The molecule has 2 heterocycles. The average molecular weight is 223 g/mol. The fourth-order valence-corrected chi connectivity index (χ4v) is 1.59. The van der Waals surface area contributed by atoms with Crippen LogP contribution in [-0.2, 0) is 0 Å². The summed E-state index contributed by atoms with van der Waals surface area (Å²) in [5, 5.41) is 9.17. The molecule has 0 bridgehead atoms. The summed E-state index contributed by atoms with van der Waals surface area (Å²) in [4.78, 5) is 15.0. The summed E-state index contributed by atoms with van der Waals surface area (Å²) >= 11 is 0. The highest BCUT2D eigenvalue weighted by atomic mass is 15.3. The Morgan fingerprint density at radius 2 is 1.56 bits per heavy atom. The first-order chi connectivity index (χ1) is 7.83. The van der Waals surface area contributed by atoms with Crippen LogP contribution in [0.4, 0.5) is 17.8 Å². The topological polar surface area (TPSA) is 78.0 Å². The van der Waals surface area contributed by atoms with Gasteiger partial charge in [0.15, 0.2) is 0 Å². The molecule has 1 fully saturated rings. The minimum absolute atomic E-state index is 0.591. The zero-order valence-corrected chi connectivity index (χ0v) is 9.62. The van der Waals surface area contributed by atoms with Gasteiger partial charge >= 0.3 is 0 Å². The van der Waals surface area contributed by atoms with Crippen LogP contribution in [0.2, 0.25) is 0 Å². The summed E-state index contributed by atoms with van der Waals surface area (Å²) in [6.45, 7) is 3.79. The van der Waals surface area contributed by atoms with Crippen LogP contribution >= 0.6 is 0 Å². The van der Waals surface area contributed by atoms with Gasteiger partial charge in [0.25, 0.3) is 0 Å². The largest absolute Gasteiger partial charge is 0.357 e. The molecule has 1 aromatic heterocycles. The Balaban J connectivity index is 2.24. The molecule has 0 unspecified atom stereocenters. The third-order valence-corrected chi connectivity index (χ3v) is 2.47. The van der Waals surface area contributed by atoms with Gasteiger partial charge in [-0.15, -0.1) is 0 Å². The van der Waals surface area contributed by atoms with E-state index < -0.39 is 0 Å². The quantitative estimate of drug-likeness (QED) is 0.629. The first-order valence-corrected chi connectivity index (χ1v) is 5.40. The van der Waals surface area contributed by atoms with E-state index in [0.717, 1.165) is 32.1 Å². The van der Waals surface area contributed by atoms with Crippen molar-refractivity contribution in [1.29, 1.82) is 0 Å². The van der Waals surface area contributed by atoms with Crippen molar-refractivity contribution in [3.63, 3.8) is 0 Å². The summed E-state index contributed by atoms with van der Waals surface area (Å²) in [7, 11) is 3.60. The Kier molecular flexibility index (Phi) is 3.35. The number of hydrogen-bond acceptors (Lipinski definition) is 7. The molecule has 1 aromatic rings. The van der Waals surface area contributed by atoms with E-state index in [2.05, 4.69) is 35.8 Å². The van der Waals surface area contributed by atoms with Gasteiger partial charge in [-0.25, -0.2) is 0 Å². The van der Waals surface area contributed by atoms with Gasteiger partial charge in [-0.2, -0.15) is 15.0 Å². The molecule has 3 N–H and O–H groups in total. The average Bonchev–Trinajstić information content (AvgIpc) is 2.39. The molecule has 0 atom stereocenters. The number of piperazine rings is 1. The van der Waals surface area contributed by atoms with E-state index in [1.165, 1.54) is 0 Å². The van der Waals surface area contributed by atoms with E-state index in [9.17, 15) is 0 Å². The van der Waals surface area contributed by atoms with E-state index in [4.69, 9.17) is 0 Å². The molecule has 7 heteroatoms. The zero-order chi connectivity index (χ0) is 11.4. The molecule has 2 rings (SSSR count). The minimum atomic E-state index is 0.591. The van der Waals surface area contributed by atoms with E-state index in [1.807, 2.05) is 0 Å². The van der Waals surface area contributed by atoms with Crippen LogP contribution in [0.3, 0.4) is 0 Å². The fraction of sp³-hybridized carbons (Fsp3) is 0.667. The number of hydrogen-bond donors (Lipinski definition) is 3. The molecule has 0 aliphatic carbocycles. The zero-order valence-electron chi connectivity index (χ0n) is 9.62. The van der Waals surface area contributed by atoms with Crippen molar-refractivity contribution in [2.24, 2.45) is 0 Å². The number of rotatable bonds is 3. The molecule has 1 aliphatic heterocycles. The highest BCUT2D eigenvalue weighted by Crippen LogP contribution is 2.13. The smallest absolute Gasteiger partial charge is 0.232 e. The standard InChI is InChI=1S/C9H17N7/c1-10-7-13-8(11-2)15-9(14-7)16-5-3-12-4-6-16/h12H,3-6H2,1-2H3,(H2,10,11,13,14,15). The van der Waals surface area contributed by atoms with Crippen LogP contribution in [0, 0.1) is 0 Å². The number of anilines is 3. The first kappa shape index (κ1) is 10.9. The summed E-state index contributed by atoms with van der Waals surface area (Å²) in [5.74, 6) is 1.91. The van der Waals surface area contributed by atoms with Crippen molar-refractivity contribution >= 4 is 17.8 Å². The lowest BCUT2D eigenvalue weighted by atomic mass is 10.4. The van der Waals surface area contributed by atoms with Gasteiger partial charge in [-0.1, -0.05) is 0 Å². The number of nitrogens with one attached hydrogen (secondary N) is 3. The molecular weight excluding hydrogens is 206 g/mol. The lowest BCUT2D eigenvalue weighted by Crippen LogP contribution is -2.44. The lowest BCUT2D eigenvalue weighted by Gasteiger charge is -2.27. The highest BCUT2D eigenvalue weighted by Gasteiger charge is 2.15. The maximum Gasteiger partial charge on any atom is 0.232 e. The maximum absolute atomic E-state index is 4.35. The Labute approximate surface area is 94.7 Å². The molecule has 7 nitrogen and oxygen atoms in total. The monoisotopic (exact) mass is 223 g/mol. The predicted molar refractivity (Wildman–Crippen MR) is 64.0 cm³/mol. The van der Waals surface area contributed by atoms with Crippen molar-refractivity contribution < 1.29 is 0 Å². The summed E-state index contributed by atoms with van der Waals surface area (Å²) in [6.07, 6.45) is 0. The third-order valence-electron chi connectivity index (χ3n) is 2.47. The normalized spacial score (nSPS) is 16.0. The Morgan fingerprint density at radius 3 is 2.06 bits per heavy atom. The number of aromatic nitrogens is 3. The van der Waals surface area contributed by atoms with Crippen molar-refractivity contribution in [1.82, 2.24) is 20.3 Å². The highest BCUT2D eigenvalue weighted by molar-refractivity contribution is 5.43. The first-order valence-electron chi connectivity index (χ1n) is 5.40. The SMILES string of the molecule is CNc1nc(NC)nc(N2CCNCC2)n1. The summed E-state index contributed by atoms with van der Waals surface area (Å²) < 4.78 is 0. The molecule has 0 aromatic carbocycles. The van der Waals surface area contributed by atoms with Crippen molar-refractivity contribution in [2.75, 3.05) is 55.8 Å². The van der Waals surface area contributed by atoms with Crippen LogP contribution in [0.5, 0.6) is 0 Å². The Hall–Kier alpha value is -1.63. The van der Waals surface area contributed by atoms with Gasteiger partial charge in [0.05, 0.1) is 0 Å². The number of nitrogens with zero attached hydrogens (tertiary/aromatic N) is 4. The molecule has 0 spiro atoms. The molecule has 0 saturated carbocycles. The summed E-state index contributed by atoms with van der Waals surface area (Å²) in [5.41, 5.74) is 0. The van der Waals surface area contributed by atoms with E-state index in [0.29, 0.717) is 11.9 Å². The van der Waals surface area contributed by atoms with Crippen LogP contribution in [0.25, 0.3) is 0 Å². The van der Waals surface area contributed by atoms with Gasteiger partial charge in [-0.05, 0) is 0 Å². The van der Waals surface area contributed by atoms with Crippen LogP contribution in [0.15, 0.2) is 0 Å². The Bertz CT molecular complexity index is 325. The molecular formula is C9H17N7. The van der Waals surface area contributed by atoms with E-state index in [-0.39, 0.29) is 0 Å². The second kappa shape index (κ2) is 4.93. The summed E-state index contributed by atoms with van der Waals surface area (Å²) in [6, 6.07) is 0. The second-order valence-electron chi connectivity index (χ2n) is 3.52. The van der Waals surface area contributed by atoms with E-state index in [1.54, 1.807) is 14.1 Å². The van der Waals surface area contributed by atoms with Crippen molar-refractivity contribution in [3.05, 3.63) is 0 Å². The fourth-order valence-electron chi connectivity index (χ4n) is 1.59. The van der Waals surface area contributed by atoms with Crippen LogP contribution < -0.4 is 20.9 Å². The van der Waals surface area contributed by atoms with Crippen LogP contribution in [0.1, 0.15) is 0 Å². The van der Waals surface area contributed by atoms with Gasteiger partial charge in [-0.3, -0.25) is 0 Å². The lowest BCUT2D eigenvalue weighted by molar-refractivity contribution is 0.579. The maximum atomic E-state index is 4.35. The molecule has 88 valence electrons. The van der Waals surface area contributed by atoms with Crippen molar-refractivity contribution in [3.8, 4) is 0 Å². The molecule has 1 aliphatic rings. The molecule has 0 amide bonds. The van der Waals surface area contributed by atoms with Gasteiger partial charge < -0.3 is 20.9 Å². The third kappa shape index (κ3) is 2.30. The van der Waals surface area contributed by atoms with Gasteiger partial charge in [0.2, 0.25) is 17.8 Å². The van der Waals surface area contributed by atoms with Crippen LogP contribution in [-0.4, -0.2) is 55.2 Å². The Morgan fingerprint density at radius 1 is 1.00 bits per heavy atom. The van der Waals surface area contributed by atoms with Gasteiger partial charge in [0, 0.05) is 40.3 Å². The van der Waals surface area contributed by atoms with E-state index >= 15 is 0 Å². The molecule has 0 radical (unpaired) electrons. The van der Waals surface area contributed by atoms with Crippen molar-refractivity contribution in [2.45, 2.75) is 0 Å². The second-order valence-corrected chi connectivity index (χ2v) is 3.52.